The lowest BCUT2D eigenvalue weighted by Crippen LogP contribution is -2.54. The number of nitrogens with zero attached hydrogens (tertiary/aromatic N) is 2. The lowest BCUT2D eigenvalue weighted by atomic mass is 9.61. The molecule has 4 aliphatic rings. The van der Waals surface area contributed by atoms with Gasteiger partial charge in [0.15, 0.2) is 0 Å². The molecule has 2 unspecified atom stereocenters. The number of H-pyrrole nitrogens is 1. The van der Waals surface area contributed by atoms with Crippen LogP contribution in [0.2, 0.25) is 0 Å². The van der Waals surface area contributed by atoms with E-state index in [1.54, 1.807) is 6.92 Å². The van der Waals surface area contributed by atoms with E-state index in [1.165, 1.54) is 69.8 Å². The number of amides is 2. The molecule has 2 aromatic rings. The highest BCUT2D eigenvalue weighted by Crippen LogP contribution is 2.51. The Morgan fingerprint density at radius 2 is 1.58 bits per heavy atom. The van der Waals surface area contributed by atoms with Crippen LogP contribution in [0.3, 0.4) is 0 Å². The van der Waals surface area contributed by atoms with E-state index in [-0.39, 0.29) is 41.3 Å². The average Bonchev–Trinajstić information content (AvgIpc) is 3.20. The summed E-state index contributed by atoms with van der Waals surface area (Å²) in [4.78, 5) is 47.1. The molecule has 3 heterocycles. The Kier molecular flexibility index (Phi) is 14.5. The summed E-state index contributed by atoms with van der Waals surface area (Å²) in [5, 5.41) is 10.4. The quantitative estimate of drug-likeness (QED) is 0.223. The van der Waals surface area contributed by atoms with Crippen molar-refractivity contribution in [3.05, 3.63) is 62.1 Å². The molecular formula is C45H70N6O4. The number of carbonyl (C=O) groups excluding carboxylic acids is 2. The standard InChI is InChI=1S/C45H70N6O4/c1-31-24-32(2)48-44(54)40(31)28-47-43(53)39-25-35(26-42(33(39)3)50(5)38-16-14-36(15-17-38)49-34(4)52)41-29-46-37(30-51-20-22-55-23-21-51)27-45(41)18-12-10-8-6-7-9-11-13-19-45/h24-26,36-38,41,46H,6-23,27-30H2,1-5H3,(H,47,53)(H,48,54)(H,49,52). The van der Waals surface area contributed by atoms with Gasteiger partial charge >= 0.3 is 0 Å². The van der Waals surface area contributed by atoms with E-state index < -0.39 is 0 Å². The largest absolute Gasteiger partial charge is 0.379 e. The summed E-state index contributed by atoms with van der Waals surface area (Å²) in [6, 6.07) is 7.58. The molecule has 2 saturated carbocycles. The van der Waals surface area contributed by atoms with Gasteiger partial charge in [0, 0.05) is 93.2 Å². The Bertz CT molecular complexity index is 1650. The van der Waals surface area contributed by atoms with E-state index in [1.807, 2.05) is 19.9 Å². The smallest absolute Gasteiger partial charge is 0.253 e. The first-order chi connectivity index (χ1) is 26.5. The highest BCUT2D eigenvalue weighted by atomic mass is 16.5. The molecule has 4 fully saturated rings. The molecule has 2 amide bonds. The predicted molar refractivity (Wildman–Crippen MR) is 222 cm³/mol. The highest BCUT2D eigenvalue weighted by molar-refractivity contribution is 5.97. The van der Waals surface area contributed by atoms with Gasteiger partial charge in [-0.05, 0) is 106 Å². The molecule has 55 heavy (non-hydrogen) atoms. The predicted octanol–water partition coefficient (Wildman–Crippen LogP) is 6.79. The van der Waals surface area contributed by atoms with Gasteiger partial charge in [0.05, 0.1) is 13.2 Å². The number of piperidine rings is 1. The van der Waals surface area contributed by atoms with Crippen LogP contribution in [0, 0.1) is 26.2 Å². The van der Waals surface area contributed by atoms with Gasteiger partial charge in [0.25, 0.3) is 11.5 Å². The molecule has 0 radical (unpaired) electrons. The number of anilines is 1. The molecule has 1 spiro atoms. The number of pyridine rings is 1. The molecule has 304 valence electrons. The van der Waals surface area contributed by atoms with Gasteiger partial charge in [-0.1, -0.05) is 51.4 Å². The maximum atomic E-state index is 14.4. The number of rotatable bonds is 9. The minimum absolute atomic E-state index is 0.0391. The zero-order valence-corrected chi connectivity index (χ0v) is 34.6. The highest BCUT2D eigenvalue weighted by Gasteiger charge is 2.45. The summed E-state index contributed by atoms with van der Waals surface area (Å²) < 4.78 is 5.70. The van der Waals surface area contributed by atoms with Crippen LogP contribution in [0.4, 0.5) is 5.69 Å². The summed E-state index contributed by atoms with van der Waals surface area (Å²) >= 11 is 0. The van der Waals surface area contributed by atoms with Gasteiger partial charge in [-0.25, -0.2) is 0 Å². The van der Waals surface area contributed by atoms with Gasteiger partial charge < -0.3 is 30.6 Å². The SMILES string of the molecule is CC(=O)NC1CCC(N(C)c2cc(C3CNC(CN4CCOCC4)CC34CCCCCCCCCC4)cc(C(=O)NCc3c(C)cc(C)[nH]c3=O)c2C)CC1. The topological polar surface area (TPSA) is 119 Å². The number of carbonyl (C=O) groups is 2. The fourth-order valence-corrected chi connectivity index (χ4v) is 10.6. The van der Waals surface area contributed by atoms with Crippen LogP contribution in [0.1, 0.15) is 147 Å². The summed E-state index contributed by atoms with van der Waals surface area (Å²) in [7, 11) is 2.20. The third kappa shape index (κ3) is 10.6. The van der Waals surface area contributed by atoms with Crippen molar-refractivity contribution in [2.45, 2.75) is 155 Å². The van der Waals surface area contributed by atoms with Crippen molar-refractivity contribution in [2.24, 2.45) is 5.41 Å². The van der Waals surface area contributed by atoms with Gasteiger partial charge in [-0.3, -0.25) is 19.3 Å². The fourth-order valence-electron chi connectivity index (χ4n) is 10.6. The van der Waals surface area contributed by atoms with E-state index in [0.717, 1.165) is 94.0 Å². The molecule has 2 aliphatic carbocycles. The first-order valence-electron chi connectivity index (χ1n) is 21.7. The zero-order valence-electron chi connectivity index (χ0n) is 34.6. The lowest BCUT2D eigenvalue weighted by Gasteiger charge is -2.50. The van der Waals surface area contributed by atoms with Crippen molar-refractivity contribution in [3.63, 3.8) is 0 Å². The molecule has 10 heteroatoms. The van der Waals surface area contributed by atoms with Gasteiger partial charge in [-0.2, -0.15) is 0 Å². The number of aryl methyl sites for hydroxylation is 2. The van der Waals surface area contributed by atoms with Crippen LogP contribution in [0.15, 0.2) is 23.0 Å². The first-order valence-corrected chi connectivity index (χ1v) is 21.7. The maximum absolute atomic E-state index is 14.4. The Morgan fingerprint density at radius 3 is 2.22 bits per heavy atom. The van der Waals surface area contributed by atoms with Crippen molar-refractivity contribution in [1.29, 1.82) is 0 Å². The Morgan fingerprint density at radius 1 is 0.927 bits per heavy atom. The molecule has 2 atom stereocenters. The number of aromatic amines is 1. The van der Waals surface area contributed by atoms with Crippen LogP contribution in [0.5, 0.6) is 0 Å². The number of hydrogen-bond acceptors (Lipinski definition) is 7. The van der Waals surface area contributed by atoms with Crippen molar-refractivity contribution in [2.75, 3.05) is 51.3 Å². The van der Waals surface area contributed by atoms with E-state index in [4.69, 9.17) is 4.74 Å². The molecule has 4 N–H and O–H groups in total. The van der Waals surface area contributed by atoms with Crippen molar-refractivity contribution >= 4 is 17.5 Å². The summed E-state index contributed by atoms with van der Waals surface area (Å²) in [6.07, 6.45) is 17.9. The summed E-state index contributed by atoms with van der Waals surface area (Å²) in [5.74, 6) is 0.191. The Hall–Kier alpha value is -3.21. The fraction of sp³-hybridized carbons (Fsp3) is 0.711. The molecule has 1 aromatic heterocycles. The Balaban J connectivity index is 1.35. The number of nitrogens with one attached hydrogen (secondary N) is 4. The zero-order chi connectivity index (χ0) is 39.0. The molecule has 10 nitrogen and oxygen atoms in total. The minimum atomic E-state index is -0.146. The van der Waals surface area contributed by atoms with Crippen LogP contribution in [0.25, 0.3) is 0 Å². The molecule has 1 aromatic carbocycles. The van der Waals surface area contributed by atoms with E-state index in [0.29, 0.717) is 23.2 Å². The first kappa shape index (κ1) is 41.4. The number of aromatic nitrogens is 1. The minimum Gasteiger partial charge on any atom is -0.379 e. The summed E-state index contributed by atoms with van der Waals surface area (Å²) in [5.41, 5.74) is 6.37. The summed E-state index contributed by atoms with van der Waals surface area (Å²) in [6.45, 7) is 13.3. The van der Waals surface area contributed by atoms with Crippen LogP contribution in [-0.2, 0) is 16.1 Å². The number of morpholine rings is 1. The van der Waals surface area contributed by atoms with Gasteiger partial charge in [0.1, 0.15) is 0 Å². The molecule has 2 aliphatic heterocycles. The van der Waals surface area contributed by atoms with Crippen LogP contribution < -0.4 is 26.4 Å². The van der Waals surface area contributed by atoms with Crippen molar-refractivity contribution in [1.82, 2.24) is 25.8 Å². The third-order valence-electron chi connectivity index (χ3n) is 13.7. The van der Waals surface area contributed by atoms with E-state index in [2.05, 4.69) is 56.8 Å². The molecular weight excluding hydrogens is 689 g/mol. The monoisotopic (exact) mass is 759 g/mol. The second-order valence-corrected chi connectivity index (χ2v) is 17.6. The van der Waals surface area contributed by atoms with Crippen molar-refractivity contribution < 1.29 is 14.3 Å². The molecule has 2 saturated heterocycles. The third-order valence-corrected chi connectivity index (χ3v) is 13.7. The average molecular weight is 759 g/mol. The number of ether oxygens (including phenoxy) is 1. The Labute approximate surface area is 330 Å². The maximum Gasteiger partial charge on any atom is 0.253 e. The van der Waals surface area contributed by atoms with Gasteiger partial charge in [-0.15, -0.1) is 0 Å². The van der Waals surface area contributed by atoms with Gasteiger partial charge in [0.2, 0.25) is 5.91 Å². The van der Waals surface area contributed by atoms with Crippen LogP contribution >= 0.6 is 0 Å². The number of hydrogen-bond donors (Lipinski definition) is 4. The second-order valence-electron chi connectivity index (χ2n) is 17.6. The second kappa shape index (κ2) is 19.3. The lowest BCUT2D eigenvalue weighted by molar-refractivity contribution is -0.119. The van der Waals surface area contributed by atoms with Crippen molar-refractivity contribution in [3.8, 4) is 0 Å². The number of benzene rings is 1. The molecule has 0 bridgehead atoms. The molecule has 6 rings (SSSR count). The van der Waals surface area contributed by atoms with E-state index >= 15 is 0 Å². The van der Waals surface area contributed by atoms with Crippen LogP contribution in [-0.4, -0.2) is 86.3 Å². The van der Waals surface area contributed by atoms with E-state index in [9.17, 15) is 14.4 Å². The normalized spacial score (nSPS) is 25.5.